The Morgan fingerprint density at radius 1 is 1.44 bits per heavy atom. The molecule has 1 aromatic carbocycles. The molecule has 1 aromatic rings. The van der Waals surface area contributed by atoms with Gasteiger partial charge in [-0.2, -0.15) is 0 Å². The number of hydrogen-bond donors (Lipinski definition) is 2. The SMILES string of the molecule is C[C@@H](CN)NC(=O)C1(c2ccc(Br)cc2)CC1.Cl. The molecule has 0 aromatic heterocycles. The number of nitrogens with two attached hydrogens (primary N) is 1. The molecule has 0 aliphatic heterocycles. The molecule has 0 radical (unpaired) electrons. The predicted octanol–water partition coefficient (Wildman–Crippen LogP) is 2.37. The van der Waals surface area contributed by atoms with Crippen molar-refractivity contribution in [1.82, 2.24) is 5.32 Å². The number of carbonyl (C=O) groups excluding carboxylic acids is 1. The van der Waals surface area contributed by atoms with E-state index in [9.17, 15) is 4.79 Å². The Labute approximate surface area is 122 Å². The van der Waals surface area contributed by atoms with Crippen LogP contribution in [0, 0.1) is 0 Å². The van der Waals surface area contributed by atoms with Crippen LogP contribution in [-0.4, -0.2) is 18.5 Å². The van der Waals surface area contributed by atoms with Crippen molar-refractivity contribution in [2.24, 2.45) is 5.73 Å². The van der Waals surface area contributed by atoms with E-state index < -0.39 is 0 Å². The van der Waals surface area contributed by atoms with Gasteiger partial charge in [0, 0.05) is 17.1 Å². The quantitative estimate of drug-likeness (QED) is 0.889. The van der Waals surface area contributed by atoms with E-state index in [1.807, 2.05) is 31.2 Å². The van der Waals surface area contributed by atoms with Gasteiger partial charge < -0.3 is 11.1 Å². The summed E-state index contributed by atoms with van der Waals surface area (Å²) in [6, 6.07) is 8.04. The molecule has 5 heteroatoms. The molecule has 1 aliphatic carbocycles. The maximum atomic E-state index is 12.2. The number of hydrogen-bond acceptors (Lipinski definition) is 2. The molecule has 1 atom stereocenters. The molecule has 0 spiro atoms. The first-order chi connectivity index (χ1) is 8.08. The van der Waals surface area contributed by atoms with Gasteiger partial charge in [-0.1, -0.05) is 28.1 Å². The molecule has 0 heterocycles. The van der Waals surface area contributed by atoms with Gasteiger partial charge in [-0.3, -0.25) is 4.79 Å². The highest BCUT2D eigenvalue weighted by atomic mass is 79.9. The summed E-state index contributed by atoms with van der Waals surface area (Å²) in [6.07, 6.45) is 1.86. The van der Waals surface area contributed by atoms with Crippen molar-refractivity contribution in [3.05, 3.63) is 34.3 Å². The first-order valence-corrected chi connectivity index (χ1v) is 6.65. The van der Waals surface area contributed by atoms with E-state index in [0.717, 1.165) is 22.9 Å². The number of nitrogens with one attached hydrogen (secondary N) is 1. The van der Waals surface area contributed by atoms with Crippen molar-refractivity contribution in [1.29, 1.82) is 0 Å². The van der Waals surface area contributed by atoms with E-state index in [4.69, 9.17) is 5.73 Å². The fourth-order valence-electron chi connectivity index (χ4n) is 1.96. The van der Waals surface area contributed by atoms with Crippen LogP contribution in [0.25, 0.3) is 0 Å². The Bertz CT molecular complexity index is 418. The summed E-state index contributed by atoms with van der Waals surface area (Å²) < 4.78 is 1.03. The summed E-state index contributed by atoms with van der Waals surface area (Å²) in [5.41, 5.74) is 6.32. The Morgan fingerprint density at radius 3 is 2.44 bits per heavy atom. The standard InChI is InChI=1S/C13H17BrN2O.ClH/c1-9(8-15)16-12(17)13(6-7-13)10-2-4-11(14)5-3-10;/h2-5,9H,6-8,15H2,1H3,(H,16,17);1H/t9-;/m0./s1. The minimum Gasteiger partial charge on any atom is -0.352 e. The van der Waals surface area contributed by atoms with Gasteiger partial charge >= 0.3 is 0 Å². The smallest absolute Gasteiger partial charge is 0.230 e. The van der Waals surface area contributed by atoms with Crippen LogP contribution in [-0.2, 0) is 10.2 Å². The van der Waals surface area contributed by atoms with Crippen LogP contribution >= 0.6 is 28.3 Å². The summed E-state index contributed by atoms with van der Waals surface area (Å²) in [6.45, 7) is 2.40. The molecule has 1 saturated carbocycles. The van der Waals surface area contributed by atoms with Crippen LogP contribution in [0.15, 0.2) is 28.7 Å². The maximum Gasteiger partial charge on any atom is 0.230 e. The van der Waals surface area contributed by atoms with Crippen molar-refractivity contribution in [2.75, 3.05) is 6.54 Å². The first-order valence-electron chi connectivity index (χ1n) is 5.85. The van der Waals surface area contributed by atoms with Crippen LogP contribution < -0.4 is 11.1 Å². The fraction of sp³-hybridized carbons (Fsp3) is 0.462. The van der Waals surface area contributed by atoms with Gasteiger partial charge in [0.15, 0.2) is 0 Å². The first kappa shape index (κ1) is 15.5. The molecule has 18 heavy (non-hydrogen) atoms. The van der Waals surface area contributed by atoms with E-state index in [-0.39, 0.29) is 29.8 Å². The van der Waals surface area contributed by atoms with Crippen LogP contribution in [0.1, 0.15) is 25.3 Å². The highest BCUT2D eigenvalue weighted by Gasteiger charge is 2.51. The number of amides is 1. The number of benzene rings is 1. The summed E-state index contributed by atoms with van der Waals surface area (Å²) in [7, 11) is 0. The summed E-state index contributed by atoms with van der Waals surface area (Å²) in [4.78, 5) is 12.2. The van der Waals surface area contributed by atoms with E-state index in [2.05, 4.69) is 21.2 Å². The molecule has 100 valence electrons. The van der Waals surface area contributed by atoms with E-state index >= 15 is 0 Å². The van der Waals surface area contributed by atoms with Crippen molar-refractivity contribution >= 4 is 34.2 Å². The summed E-state index contributed by atoms with van der Waals surface area (Å²) in [5.74, 6) is 0.109. The van der Waals surface area contributed by atoms with Gasteiger partial charge in [0.2, 0.25) is 5.91 Å². The number of rotatable bonds is 4. The normalized spacial score (nSPS) is 17.5. The minimum absolute atomic E-state index is 0. The average Bonchev–Trinajstić information content (AvgIpc) is 3.11. The molecule has 3 N–H and O–H groups in total. The average molecular weight is 334 g/mol. The van der Waals surface area contributed by atoms with Gasteiger partial charge in [0.25, 0.3) is 0 Å². The van der Waals surface area contributed by atoms with Crippen molar-refractivity contribution in [3.8, 4) is 0 Å². The second kappa shape index (κ2) is 6.04. The van der Waals surface area contributed by atoms with Crippen LogP contribution in [0.2, 0.25) is 0 Å². The van der Waals surface area contributed by atoms with E-state index in [0.29, 0.717) is 6.54 Å². The van der Waals surface area contributed by atoms with Gasteiger partial charge in [-0.05, 0) is 37.5 Å². The third kappa shape index (κ3) is 3.05. The lowest BCUT2D eigenvalue weighted by molar-refractivity contribution is -0.124. The topological polar surface area (TPSA) is 55.1 Å². The highest BCUT2D eigenvalue weighted by Crippen LogP contribution is 2.48. The third-order valence-corrected chi connectivity index (χ3v) is 3.84. The highest BCUT2D eigenvalue weighted by molar-refractivity contribution is 9.10. The van der Waals surface area contributed by atoms with Gasteiger partial charge in [0.1, 0.15) is 0 Å². The Hall–Kier alpha value is -0.580. The lowest BCUT2D eigenvalue weighted by Gasteiger charge is -2.19. The second-order valence-corrected chi connectivity index (χ2v) is 5.61. The number of halogens is 2. The summed E-state index contributed by atoms with van der Waals surface area (Å²) in [5, 5.41) is 2.97. The molecule has 1 amide bonds. The number of carbonyl (C=O) groups is 1. The van der Waals surface area contributed by atoms with Crippen molar-refractivity contribution in [3.63, 3.8) is 0 Å². The van der Waals surface area contributed by atoms with E-state index in [1.54, 1.807) is 0 Å². The zero-order chi connectivity index (χ0) is 12.5. The van der Waals surface area contributed by atoms with Crippen LogP contribution in [0.4, 0.5) is 0 Å². The summed E-state index contributed by atoms with van der Waals surface area (Å²) >= 11 is 3.40. The molecule has 2 rings (SSSR count). The van der Waals surface area contributed by atoms with Crippen molar-refractivity contribution < 1.29 is 4.79 Å². The minimum atomic E-state index is -0.301. The zero-order valence-electron chi connectivity index (χ0n) is 10.3. The predicted molar refractivity (Wildman–Crippen MR) is 79.0 cm³/mol. The van der Waals surface area contributed by atoms with Gasteiger partial charge in [-0.25, -0.2) is 0 Å². The van der Waals surface area contributed by atoms with Crippen molar-refractivity contribution in [2.45, 2.75) is 31.2 Å². The third-order valence-electron chi connectivity index (χ3n) is 3.31. The fourth-order valence-corrected chi connectivity index (χ4v) is 2.23. The van der Waals surface area contributed by atoms with Gasteiger partial charge in [-0.15, -0.1) is 12.4 Å². The molecular formula is C13H18BrClN2O. The molecule has 1 fully saturated rings. The molecule has 0 saturated heterocycles. The van der Waals surface area contributed by atoms with Crippen LogP contribution in [0.5, 0.6) is 0 Å². The largest absolute Gasteiger partial charge is 0.352 e. The monoisotopic (exact) mass is 332 g/mol. The van der Waals surface area contributed by atoms with E-state index in [1.165, 1.54) is 0 Å². The molecule has 0 bridgehead atoms. The second-order valence-electron chi connectivity index (χ2n) is 4.70. The molecular weight excluding hydrogens is 316 g/mol. The lowest BCUT2D eigenvalue weighted by atomic mass is 9.95. The van der Waals surface area contributed by atoms with Crippen LogP contribution in [0.3, 0.4) is 0 Å². The molecule has 1 aliphatic rings. The molecule has 3 nitrogen and oxygen atoms in total. The van der Waals surface area contributed by atoms with Gasteiger partial charge in [0.05, 0.1) is 5.41 Å². The Kier molecular flexibility index (Phi) is 5.20. The zero-order valence-corrected chi connectivity index (χ0v) is 12.7. The Morgan fingerprint density at radius 2 is 2.00 bits per heavy atom. The maximum absolute atomic E-state index is 12.2. The molecule has 0 unspecified atom stereocenters. The Balaban J connectivity index is 0.00000162. The lowest BCUT2D eigenvalue weighted by Crippen LogP contribution is -2.43.